The number of aromatic nitrogens is 1. The van der Waals surface area contributed by atoms with E-state index in [1.807, 2.05) is 0 Å². The van der Waals surface area contributed by atoms with Crippen molar-refractivity contribution in [3.8, 4) is 0 Å². The number of aryl methyl sites for hydroxylation is 1. The van der Waals surface area contributed by atoms with Crippen LogP contribution in [0.15, 0.2) is 59.6 Å². The molecule has 32 heavy (non-hydrogen) atoms. The SMILES string of the molecule is CCN(CC)CCCN(Cc1cn(CC)c2ccccc12)C(=S)Nc1cccc(SC)c1. The van der Waals surface area contributed by atoms with E-state index in [0.717, 1.165) is 56.5 Å². The Morgan fingerprint density at radius 1 is 1.03 bits per heavy atom. The molecule has 0 aliphatic rings. The molecule has 0 spiro atoms. The molecule has 1 N–H and O–H groups in total. The van der Waals surface area contributed by atoms with Crippen LogP contribution in [0, 0.1) is 0 Å². The van der Waals surface area contributed by atoms with Gasteiger partial charge in [-0.15, -0.1) is 11.8 Å². The molecule has 4 nitrogen and oxygen atoms in total. The summed E-state index contributed by atoms with van der Waals surface area (Å²) >= 11 is 7.66. The lowest BCUT2D eigenvalue weighted by molar-refractivity contribution is 0.281. The van der Waals surface area contributed by atoms with Crippen molar-refractivity contribution in [1.82, 2.24) is 14.4 Å². The molecule has 0 saturated heterocycles. The zero-order chi connectivity index (χ0) is 22.9. The third-order valence-corrected chi connectivity index (χ3v) is 7.06. The molecular weight excluding hydrogens is 432 g/mol. The number of hydrogen-bond acceptors (Lipinski definition) is 3. The second kappa shape index (κ2) is 12.3. The Morgan fingerprint density at radius 2 is 1.81 bits per heavy atom. The molecule has 0 unspecified atom stereocenters. The first kappa shape index (κ1) is 24.6. The summed E-state index contributed by atoms with van der Waals surface area (Å²) in [6.45, 7) is 12.6. The molecule has 0 fully saturated rings. The lowest BCUT2D eigenvalue weighted by Gasteiger charge is -2.27. The van der Waals surface area contributed by atoms with E-state index in [0.29, 0.717) is 0 Å². The fourth-order valence-corrected chi connectivity index (χ4v) is 4.83. The zero-order valence-corrected chi connectivity index (χ0v) is 21.4. The van der Waals surface area contributed by atoms with Crippen LogP contribution in [0.2, 0.25) is 0 Å². The number of hydrogen-bond donors (Lipinski definition) is 1. The molecule has 0 amide bonds. The van der Waals surface area contributed by atoms with Crippen LogP contribution in [-0.2, 0) is 13.1 Å². The van der Waals surface area contributed by atoms with Gasteiger partial charge in [-0.1, -0.05) is 38.1 Å². The van der Waals surface area contributed by atoms with Gasteiger partial charge in [0.25, 0.3) is 0 Å². The van der Waals surface area contributed by atoms with E-state index in [2.05, 4.69) is 101 Å². The number of fused-ring (bicyclic) bond motifs is 1. The summed E-state index contributed by atoms with van der Waals surface area (Å²) in [5.41, 5.74) is 3.67. The summed E-state index contributed by atoms with van der Waals surface area (Å²) in [6, 6.07) is 17.1. The van der Waals surface area contributed by atoms with E-state index in [4.69, 9.17) is 12.2 Å². The molecule has 1 aromatic heterocycles. The van der Waals surface area contributed by atoms with Crippen molar-refractivity contribution >= 4 is 45.7 Å². The summed E-state index contributed by atoms with van der Waals surface area (Å²) in [7, 11) is 0. The van der Waals surface area contributed by atoms with Gasteiger partial charge in [0.15, 0.2) is 5.11 Å². The summed E-state index contributed by atoms with van der Waals surface area (Å²) in [5, 5.41) is 5.60. The fourth-order valence-electron chi connectivity index (χ4n) is 4.10. The molecule has 0 aliphatic carbocycles. The number of benzene rings is 2. The Hall–Kier alpha value is -2.02. The number of para-hydroxylation sites is 1. The Balaban J connectivity index is 1.80. The van der Waals surface area contributed by atoms with E-state index < -0.39 is 0 Å². The Bertz CT molecular complexity index is 1010. The number of nitrogens with zero attached hydrogens (tertiary/aromatic N) is 3. The first-order valence-corrected chi connectivity index (χ1v) is 13.2. The first-order chi connectivity index (χ1) is 15.6. The van der Waals surface area contributed by atoms with E-state index in [1.165, 1.54) is 21.4 Å². The maximum atomic E-state index is 5.92. The van der Waals surface area contributed by atoms with Gasteiger partial charge in [-0.25, -0.2) is 0 Å². The van der Waals surface area contributed by atoms with Crippen LogP contribution in [0.1, 0.15) is 32.8 Å². The van der Waals surface area contributed by atoms with Crippen molar-refractivity contribution < 1.29 is 0 Å². The van der Waals surface area contributed by atoms with Gasteiger partial charge in [0.2, 0.25) is 0 Å². The molecule has 0 saturated carbocycles. The Kier molecular flexibility index (Phi) is 9.45. The number of thioether (sulfide) groups is 1. The van der Waals surface area contributed by atoms with Crippen molar-refractivity contribution in [2.24, 2.45) is 0 Å². The maximum Gasteiger partial charge on any atom is 0.173 e. The van der Waals surface area contributed by atoms with Crippen molar-refractivity contribution in [2.45, 2.75) is 45.2 Å². The number of thiocarbonyl (C=S) groups is 1. The average Bonchev–Trinajstić information content (AvgIpc) is 3.18. The van der Waals surface area contributed by atoms with Crippen LogP contribution in [0.4, 0.5) is 5.69 Å². The van der Waals surface area contributed by atoms with E-state index in [-0.39, 0.29) is 0 Å². The lowest BCUT2D eigenvalue weighted by Crippen LogP contribution is -2.36. The van der Waals surface area contributed by atoms with Crippen LogP contribution in [-0.4, -0.2) is 51.9 Å². The molecule has 0 radical (unpaired) electrons. The summed E-state index contributed by atoms with van der Waals surface area (Å²) in [6.07, 6.45) is 5.47. The number of anilines is 1. The van der Waals surface area contributed by atoms with Crippen LogP contribution in [0.25, 0.3) is 10.9 Å². The zero-order valence-electron chi connectivity index (χ0n) is 19.8. The van der Waals surface area contributed by atoms with Gasteiger partial charge in [-0.3, -0.25) is 0 Å². The van der Waals surface area contributed by atoms with Gasteiger partial charge in [-0.05, 0) is 81.3 Å². The second-order valence-corrected chi connectivity index (χ2v) is 9.19. The molecule has 2 aromatic carbocycles. The van der Waals surface area contributed by atoms with Crippen molar-refractivity contribution in [3.63, 3.8) is 0 Å². The smallest absolute Gasteiger partial charge is 0.173 e. The van der Waals surface area contributed by atoms with Crippen LogP contribution >= 0.6 is 24.0 Å². The minimum Gasteiger partial charge on any atom is -0.347 e. The highest BCUT2D eigenvalue weighted by Gasteiger charge is 2.15. The van der Waals surface area contributed by atoms with E-state index >= 15 is 0 Å². The van der Waals surface area contributed by atoms with Crippen LogP contribution < -0.4 is 5.32 Å². The lowest BCUT2D eigenvalue weighted by atomic mass is 10.1. The van der Waals surface area contributed by atoms with Crippen molar-refractivity contribution in [2.75, 3.05) is 37.8 Å². The predicted molar refractivity (Wildman–Crippen MR) is 145 cm³/mol. The Morgan fingerprint density at radius 3 is 2.53 bits per heavy atom. The summed E-state index contributed by atoms with van der Waals surface area (Å²) in [5.74, 6) is 0. The topological polar surface area (TPSA) is 23.4 Å². The third-order valence-electron chi connectivity index (χ3n) is 5.98. The molecular formula is C26H36N4S2. The highest BCUT2D eigenvalue weighted by Crippen LogP contribution is 2.24. The molecule has 1 heterocycles. The highest BCUT2D eigenvalue weighted by atomic mass is 32.2. The van der Waals surface area contributed by atoms with Crippen molar-refractivity contribution in [3.05, 3.63) is 60.3 Å². The quantitative estimate of drug-likeness (QED) is 0.262. The monoisotopic (exact) mass is 468 g/mol. The van der Waals surface area contributed by atoms with Gasteiger partial charge in [0.05, 0.1) is 0 Å². The van der Waals surface area contributed by atoms with Gasteiger partial charge in [0, 0.05) is 47.3 Å². The molecule has 0 bridgehead atoms. The normalized spacial score (nSPS) is 11.3. The molecule has 0 atom stereocenters. The molecule has 3 aromatic rings. The molecule has 172 valence electrons. The van der Waals surface area contributed by atoms with Gasteiger partial charge < -0.3 is 19.7 Å². The number of rotatable bonds is 11. The minimum absolute atomic E-state index is 0.788. The minimum atomic E-state index is 0.788. The molecule has 0 aliphatic heterocycles. The fraction of sp³-hybridized carbons (Fsp3) is 0.423. The first-order valence-electron chi connectivity index (χ1n) is 11.6. The van der Waals surface area contributed by atoms with E-state index in [9.17, 15) is 0 Å². The highest BCUT2D eigenvalue weighted by molar-refractivity contribution is 7.98. The average molecular weight is 469 g/mol. The second-order valence-electron chi connectivity index (χ2n) is 7.92. The number of nitrogens with one attached hydrogen (secondary N) is 1. The van der Waals surface area contributed by atoms with Crippen LogP contribution in [0.3, 0.4) is 0 Å². The maximum absolute atomic E-state index is 5.92. The van der Waals surface area contributed by atoms with Crippen molar-refractivity contribution in [1.29, 1.82) is 0 Å². The predicted octanol–water partition coefficient (Wildman–Crippen LogP) is 6.31. The standard InChI is InChI=1S/C26H36N4S2/c1-5-28(6-2)16-11-17-30(26(31)27-22-12-10-13-23(18-22)32-4)20-21-19-29(7-3)25-15-9-8-14-24(21)25/h8-10,12-15,18-19H,5-7,11,16-17,20H2,1-4H3,(H,27,31). The van der Waals surface area contributed by atoms with Gasteiger partial charge >= 0.3 is 0 Å². The molecule has 3 rings (SSSR count). The summed E-state index contributed by atoms with van der Waals surface area (Å²) < 4.78 is 2.33. The summed E-state index contributed by atoms with van der Waals surface area (Å²) in [4.78, 5) is 6.03. The van der Waals surface area contributed by atoms with Gasteiger partial charge in [-0.2, -0.15) is 0 Å². The van der Waals surface area contributed by atoms with E-state index in [1.54, 1.807) is 11.8 Å². The largest absolute Gasteiger partial charge is 0.347 e. The van der Waals surface area contributed by atoms with Gasteiger partial charge in [0.1, 0.15) is 0 Å². The third kappa shape index (κ3) is 6.27. The molecule has 6 heteroatoms. The van der Waals surface area contributed by atoms with Crippen LogP contribution in [0.5, 0.6) is 0 Å². The Labute approximate surface area is 203 Å².